The molecule has 0 radical (unpaired) electrons. The third kappa shape index (κ3) is 4.40. The van der Waals surface area contributed by atoms with Crippen LogP contribution in [-0.4, -0.2) is 53.3 Å². The van der Waals surface area contributed by atoms with Crippen LogP contribution in [0.3, 0.4) is 0 Å². The van der Waals surface area contributed by atoms with Crippen molar-refractivity contribution >= 4 is 32.5 Å². The zero-order valence-electron chi connectivity index (χ0n) is 18.8. The van der Waals surface area contributed by atoms with E-state index in [1.165, 1.54) is 8.99 Å². The van der Waals surface area contributed by atoms with Crippen LogP contribution in [-0.2, 0) is 27.8 Å². The molecule has 1 aliphatic rings. The molecule has 2 aromatic carbocycles. The lowest BCUT2D eigenvalue weighted by Crippen LogP contribution is -2.37. The molecule has 0 N–H and O–H groups in total. The molecular formula is C23H27N5O4S. The molecule has 1 aromatic heterocycles. The number of benzene rings is 2. The van der Waals surface area contributed by atoms with Gasteiger partial charge in [0.1, 0.15) is 5.52 Å². The molecule has 2 heterocycles. The van der Waals surface area contributed by atoms with Crippen molar-refractivity contribution in [3.05, 3.63) is 58.4 Å². The summed E-state index contributed by atoms with van der Waals surface area (Å²) < 4.78 is 28.4. The predicted octanol–water partition coefficient (Wildman–Crippen LogP) is 2.19. The molecule has 0 atom stereocenters. The molecule has 3 aromatic rings. The number of carbonyl (C=O) groups excluding carboxylic acids is 1. The van der Waals surface area contributed by atoms with E-state index in [4.69, 9.17) is 0 Å². The second-order valence-corrected chi connectivity index (χ2v) is 9.85. The van der Waals surface area contributed by atoms with Gasteiger partial charge >= 0.3 is 0 Å². The number of carbonyl (C=O) groups is 1. The van der Waals surface area contributed by atoms with Gasteiger partial charge in [-0.3, -0.25) is 9.59 Å². The van der Waals surface area contributed by atoms with Gasteiger partial charge < -0.3 is 4.90 Å². The molecule has 0 saturated heterocycles. The highest BCUT2D eigenvalue weighted by Crippen LogP contribution is 2.31. The van der Waals surface area contributed by atoms with Crippen molar-refractivity contribution in [1.82, 2.24) is 19.3 Å². The van der Waals surface area contributed by atoms with Gasteiger partial charge in [-0.25, -0.2) is 13.1 Å². The number of aryl methyl sites for hydroxylation is 2. The van der Waals surface area contributed by atoms with Crippen molar-refractivity contribution in [2.24, 2.45) is 0 Å². The van der Waals surface area contributed by atoms with E-state index < -0.39 is 10.0 Å². The highest BCUT2D eigenvalue weighted by Gasteiger charge is 2.27. The molecule has 1 aliphatic heterocycles. The first kappa shape index (κ1) is 23.1. The van der Waals surface area contributed by atoms with Gasteiger partial charge in [-0.15, -0.1) is 5.10 Å². The van der Waals surface area contributed by atoms with E-state index in [0.717, 1.165) is 17.7 Å². The SMILES string of the molecule is CCN(CC)S(=O)(=O)c1ccc2c(c1)CCCN2C(=O)CCn1nnc2ccccc2c1=O. The molecule has 4 rings (SSSR count). The first-order valence-corrected chi connectivity index (χ1v) is 12.6. The number of sulfonamides is 1. The molecule has 10 heteroatoms. The Balaban J connectivity index is 1.54. The van der Waals surface area contributed by atoms with Gasteiger partial charge in [-0.1, -0.05) is 31.2 Å². The maximum atomic E-state index is 13.0. The molecule has 0 unspecified atom stereocenters. The quantitative estimate of drug-likeness (QED) is 0.525. The molecular weight excluding hydrogens is 442 g/mol. The minimum Gasteiger partial charge on any atom is -0.312 e. The lowest BCUT2D eigenvalue weighted by atomic mass is 10.0. The van der Waals surface area contributed by atoms with Crippen LogP contribution in [0, 0.1) is 0 Å². The van der Waals surface area contributed by atoms with E-state index in [1.807, 2.05) is 13.8 Å². The van der Waals surface area contributed by atoms with Crippen LogP contribution in [0.1, 0.15) is 32.3 Å². The van der Waals surface area contributed by atoms with Gasteiger partial charge in [0.05, 0.1) is 16.8 Å². The Morgan fingerprint density at radius 1 is 1.12 bits per heavy atom. The van der Waals surface area contributed by atoms with Gasteiger partial charge in [-0.05, 0) is 48.7 Å². The third-order valence-corrected chi connectivity index (χ3v) is 8.03. The van der Waals surface area contributed by atoms with Crippen LogP contribution in [0.5, 0.6) is 0 Å². The number of aromatic nitrogens is 3. The second-order valence-electron chi connectivity index (χ2n) is 7.91. The van der Waals surface area contributed by atoms with Crippen LogP contribution in [0.25, 0.3) is 10.9 Å². The summed E-state index contributed by atoms with van der Waals surface area (Å²) in [7, 11) is -3.56. The maximum Gasteiger partial charge on any atom is 0.277 e. The van der Waals surface area contributed by atoms with E-state index in [1.54, 1.807) is 47.4 Å². The molecule has 0 aliphatic carbocycles. The standard InChI is InChI=1S/C23H27N5O4S/c1-3-26(4-2)33(31,32)18-11-12-21-17(16-18)8-7-14-27(21)22(29)13-15-28-23(30)19-9-5-6-10-20(19)24-25-28/h5-6,9-12,16H,3-4,7-8,13-15H2,1-2H3. The number of rotatable bonds is 7. The van der Waals surface area contributed by atoms with E-state index in [2.05, 4.69) is 10.3 Å². The van der Waals surface area contributed by atoms with Crippen LogP contribution in [0.15, 0.2) is 52.2 Å². The first-order chi connectivity index (χ1) is 15.9. The Kier molecular flexibility index (Phi) is 6.57. The molecule has 0 bridgehead atoms. The van der Waals surface area contributed by atoms with Gasteiger partial charge in [0, 0.05) is 31.7 Å². The van der Waals surface area contributed by atoms with E-state index in [-0.39, 0.29) is 29.3 Å². The monoisotopic (exact) mass is 469 g/mol. The molecule has 1 amide bonds. The van der Waals surface area contributed by atoms with Gasteiger partial charge in [-0.2, -0.15) is 4.31 Å². The van der Waals surface area contributed by atoms with Crippen molar-refractivity contribution in [2.45, 2.75) is 44.6 Å². The van der Waals surface area contributed by atoms with Crippen molar-refractivity contribution in [2.75, 3.05) is 24.5 Å². The average molecular weight is 470 g/mol. The summed E-state index contributed by atoms with van der Waals surface area (Å²) in [6.07, 6.45) is 1.53. The summed E-state index contributed by atoms with van der Waals surface area (Å²) in [6, 6.07) is 11.9. The third-order valence-electron chi connectivity index (χ3n) is 5.98. The number of anilines is 1. The van der Waals surface area contributed by atoms with Crippen molar-refractivity contribution < 1.29 is 13.2 Å². The summed E-state index contributed by atoms with van der Waals surface area (Å²) in [4.78, 5) is 27.6. The van der Waals surface area contributed by atoms with Gasteiger partial charge in [0.15, 0.2) is 0 Å². The Hall–Kier alpha value is -3.11. The molecule has 0 spiro atoms. The van der Waals surface area contributed by atoms with Gasteiger partial charge in [0.2, 0.25) is 15.9 Å². The number of amides is 1. The van der Waals surface area contributed by atoms with Crippen molar-refractivity contribution in [3.63, 3.8) is 0 Å². The van der Waals surface area contributed by atoms with E-state index in [0.29, 0.717) is 37.0 Å². The zero-order chi connectivity index (χ0) is 23.6. The summed E-state index contributed by atoms with van der Waals surface area (Å²) in [5.74, 6) is -0.142. The molecule has 174 valence electrons. The highest BCUT2D eigenvalue weighted by molar-refractivity contribution is 7.89. The Morgan fingerprint density at radius 3 is 2.64 bits per heavy atom. The minimum atomic E-state index is -3.56. The molecule has 33 heavy (non-hydrogen) atoms. The topological polar surface area (TPSA) is 105 Å². The van der Waals surface area contributed by atoms with Gasteiger partial charge in [0.25, 0.3) is 5.56 Å². The predicted molar refractivity (Wildman–Crippen MR) is 126 cm³/mol. The summed E-state index contributed by atoms with van der Waals surface area (Å²) in [6.45, 7) is 5.09. The summed E-state index contributed by atoms with van der Waals surface area (Å²) >= 11 is 0. The zero-order valence-corrected chi connectivity index (χ0v) is 19.6. The summed E-state index contributed by atoms with van der Waals surface area (Å²) in [5.41, 5.74) is 1.80. The number of fused-ring (bicyclic) bond motifs is 2. The maximum absolute atomic E-state index is 13.0. The lowest BCUT2D eigenvalue weighted by Gasteiger charge is -2.30. The number of hydrogen-bond acceptors (Lipinski definition) is 6. The molecule has 9 nitrogen and oxygen atoms in total. The second kappa shape index (κ2) is 9.40. The fourth-order valence-electron chi connectivity index (χ4n) is 4.21. The molecule has 0 saturated carbocycles. The molecule has 0 fully saturated rings. The largest absolute Gasteiger partial charge is 0.312 e. The van der Waals surface area contributed by atoms with Crippen LogP contribution in [0.4, 0.5) is 5.69 Å². The highest BCUT2D eigenvalue weighted by atomic mass is 32.2. The Labute approximate surface area is 192 Å². The number of nitrogens with zero attached hydrogens (tertiary/aromatic N) is 5. The van der Waals surface area contributed by atoms with Crippen LogP contribution < -0.4 is 10.5 Å². The first-order valence-electron chi connectivity index (χ1n) is 11.1. The normalized spacial score (nSPS) is 14.0. The van der Waals surface area contributed by atoms with Crippen LogP contribution >= 0.6 is 0 Å². The minimum absolute atomic E-state index is 0.0892. The fraction of sp³-hybridized carbons (Fsp3) is 0.391. The lowest BCUT2D eigenvalue weighted by molar-refractivity contribution is -0.119. The van der Waals surface area contributed by atoms with Crippen molar-refractivity contribution in [1.29, 1.82) is 0 Å². The van der Waals surface area contributed by atoms with E-state index >= 15 is 0 Å². The summed E-state index contributed by atoms with van der Waals surface area (Å²) in [5, 5.41) is 8.47. The van der Waals surface area contributed by atoms with Crippen molar-refractivity contribution in [3.8, 4) is 0 Å². The number of hydrogen-bond donors (Lipinski definition) is 0. The Bertz CT molecular complexity index is 1350. The fourth-order valence-corrected chi connectivity index (χ4v) is 5.72. The average Bonchev–Trinajstić information content (AvgIpc) is 2.83. The Morgan fingerprint density at radius 2 is 1.88 bits per heavy atom. The van der Waals surface area contributed by atoms with E-state index in [9.17, 15) is 18.0 Å². The smallest absolute Gasteiger partial charge is 0.277 e. The van der Waals surface area contributed by atoms with Crippen LogP contribution in [0.2, 0.25) is 0 Å².